The third kappa shape index (κ3) is 2.99. The lowest BCUT2D eigenvalue weighted by Gasteiger charge is -2.37. The summed E-state index contributed by atoms with van der Waals surface area (Å²) in [5.74, 6) is 0. The van der Waals surface area contributed by atoms with E-state index in [0.717, 1.165) is 7.05 Å². The Morgan fingerprint density at radius 3 is 1.33 bits per heavy atom. The predicted molar refractivity (Wildman–Crippen MR) is 40.8 cm³/mol. The summed E-state index contributed by atoms with van der Waals surface area (Å²) in [5, 5.41) is 2.07. The van der Waals surface area contributed by atoms with E-state index in [-0.39, 0.29) is 0 Å². The van der Waals surface area contributed by atoms with Gasteiger partial charge in [0.15, 0.2) is 0 Å². The third-order valence-corrected chi connectivity index (χ3v) is 1.87. The lowest BCUT2D eigenvalue weighted by Crippen LogP contribution is -2.68. The number of hydrogen-bond acceptors (Lipinski definition) is 2. The highest BCUT2D eigenvalue weighted by Crippen LogP contribution is 2.54. The maximum atomic E-state index is 12.2. The molecule has 18 heavy (non-hydrogen) atoms. The molecule has 0 radical (unpaired) electrons. The van der Waals surface area contributed by atoms with E-state index in [9.17, 15) is 39.5 Å². The van der Waals surface area contributed by atoms with E-state index in [1.54, 1.807) is 0 Å². The maximum absolute atomic E-state index is 12.2. The van der Waals surface area contributed by atoms with Crippen molar-refractivity contribution in [3.8, 4) is 0 Å². The van der Waals surface area contributed by atoms with Crippen molar-refractivity contribution in [3.63, 3.8) is 0 Å². The van der Waals surface area contributed by atoms with Gasteiger partial charge in [-0.2, -0.15) is 39.5 Å². The van der Waals surface area contributed by atoms with Crippen molar-refractivity contribution in [2.24, 2.45) is 0 Å². The van der Waals surface area contributed by atoms with E-state index in [2.05, 4.69) is 10.1 Å². The van der Waals surface area contributed by atoms with Crippen LogP contribution in [0.15, 0.2) is 0 Å². The molecule has 0 fully saturated rings. The Kier molecular flexibility index (Phi) is 4.91. The van der Waals surface area contributed by atoms with Gasteiger partial charge in [0.1, 0.15) is 0 Å². The van der Waals surface area contributed by atoms with Gasteiger partial charge in [0.2, 0.25) is 0 Å². The molecule has 1 N–H and O–H groups in total. The molecule has 11 heteroatoms. The molecule has 2 nitrogen and oxygen atoms in total. The number of alkyl halides is 9. The fraction of sp³-hybridized carbons (Fsp3) is 1.00. The van der Waals surface area contributed by atoms with Crippen molar-refractivity contribution in [2.45, 2.75) is 24.1 Å². The van der Waals surface area contributed by atoms with Crippen LogP contribution in [0.4, 0.5) is 39.5 Å². The first kappa shape index (κ1) is 17.3. The molecule has 0 aliphatic rings. The summed E-state index contributed by atoms with van der Waals surface area (Å²) in [4.78, 5) is 0. The molecule has 0 unspecified atom stereocenters. The summed E-state index contributed by atoms with van der Waals surface area (Å²) < 4.78 is 113. The second-order valence-electron chi connectivity index (χ2n) is 3.13. The summed E-state index contributed by atoms with van der Waals surface area (Å²) >= 11 is 0. The molecule has 0 aromatic rings. The fourth-order valence-electron chi connectivity index (χ4n) is 1.03. The van der Waals surface area contributed by atoms with Crippen molar-refractivity contribution in [2.75, 3.05) is 20.2 Å². The standard InChI is InChI=1S/C7H8F9NO/c1-17-2-3-18-4(5(8,9)10,6(11,12)13)7(14,15)16/h17H,2-3H2,1H3. The van der Waals surface area contributed by atoms with Crippen LogP contribution in [0.25, 0.3) is 0 Å². The Morgan fingerprint density at radius 1 is 0.778 bits per heavy atom. The zero-order chi connectivity index (χ0) is 14.8. The minimum absolute atomic E-state index is 0.607. The van der Waals surface area contributed by atoms with Crippen molar-refractivity contribution in [1.82, 2.24) is 5.32 Å². The highest BCUT2D eigenvalue weighted by atomic mass is 19.4. The lowest BCUT2D eigenvalue weighted by molar-refractivity contribution is -0.457. The number of hydrogen-bond donors (Lipinski definition) is 1. The van der Waals surface area contributed by atoms with Gasteiger partial charge < -0.3 is 10.1 Å². The molecule has 110 valence electrons. The number of rotatable bonds is 4. The van der Waals surface area contributed by atoms with Gasteiger partial charge in [-0.15, -0.1) is 0 Å². The van der Waals surface area contributed by atoms with Gasteiger partial charge >= 0.3 is 24.1 Å². The summed E-state index contributed by atoms with van der Waals surface area (Å²) in [6.45, 7) is -2.01. The van der Waals surface area contributed by atoms with Crippen LogP contribution in [0.2, 0.25) is 0 Å². The highest BCUT2D eigenvalue weighted by Gasteiger charge is 2.85. The first-order valence-corrected chi connectivity index (χ1v) is 4.30. The number of likely N-dealkylation sites (N-methyl/N-ethyl adjacent to an activating group) is 1. The Hall–Kier alpha value is -0.710. The molecule has 0 aromatic carbocycles. The molecule has 0 amide bonds. The molecule has 0 aromatic heterocycles. The van der Waals surface area contributed by atoms with E-state index < -0.39 is 37.3 Å². The average molecular weight is 293 g/mol. The van der Waals surface area contributed by atoms with Gasteiger partial charge in [0, 0.05) is 6.54 Å². The molecule has 0 rings (SSSR count). The highest BCUT2D eigenvalue weighted by molar-refractivity contribution is 5.02. The first-order chi connectivity index (χ1) is 7.81. The van der Waals surface area contributed by atoms with Crippen LogP contribution >= 0.6 is 0 Å². The van der Waals surface area contributed by atoms with Crippen molar-refractivity contribution in [3.05, 3.63) is 0 Å². The third-order valence-electron chi connectivity index (χ3n) is 1.87. The minimum Gasteiger partial charge on any atom is -0.350 e. The molecule has 0 saturated carbocycles. The van der Waals surface area contributed by atoms with Gasteiger partial charge in [-0.05, 0) is 7.05 Å². The molecule has 0 saturated heterocycles. The van der Waals surface area contributed by atoms with Crippen LogP contribution in [0.3, 0.4) is 0 Å². The van der Waals surface area contributed by atoms with E-state index in [1.165, 1.54) is 0 Å². The van der Waals surface area contributed by atoms with Crippen LogP contribution in [0.5, 0.6) is 0 Å². The molecular formula is C7H8F9NO. The van der Waals surface area contributed by atoms with Crippen molar-refractivity contribution in [1.29, 1.82) is 0 Å². The predicted octanol–water partition coefficient (Wildman–Crippen LogP) is 2.65. The molecule has 0 bridgehead atoms. The van der Waals surface area contributed by atoms with Crippen LogP contribution in [-0.4, -0.2) is 44.3 Å². The van der Waals surface area contributed by atoms with Crippen molar-refractivity contribution < 1.29 is 44.3 Å². The van der Waals surface area contributed by atoms with Crippen LogP contribution in [0, 0.1) is 0 Å². The molecule has 0 aliphatic heterocycles. The normalized spacial score (nSPS) is 15.0. The van der Waals surface area contributed by atoms with E-state index in [4.69, 9.17) is 0 Å². The smallest absolute Gasteiger partial charge is 0.350 e. The van der Waals surface area contributed by atoms with Crippen molar-refractivity contribution >= 4 is 0 Å². The van der Waals surface area contributed by atoms with Gasteiger partial charge in [-0.25, -0.2) is 0 Å². The van der Waals surface area contributed by atoms with Gasteiger partial charge in [-0.1, -0.05) is 0 Å². The topological polar surface area (TPSA) is 21.3 Å². The molecular weight excluding hydrogens is 285 g/mol. The van der Waals surface area contributed by atoms with Gasteiger partial charge in [0.25, 0.3) is 0 Å². The van der Waals surface area contributed by atoms with Crippen LogP contribution in [0.1, 0.15) is 0 Å². The van der Waals surface area contributed by atoms with E-state index in [1.807, 2.05) is 0 Å². The SMILES string of the molecule is CNCCOC(C(F)(F)F)(C(F)(F)F)C(F)(F)F. The Balaban J connectivity index is 5.61. The second kappa shape index (κ2) is 5.11. The zero-order valence-electron chi connectivity index (χ0n) is 8.72. The second-order valence-corrected chi connectivity index (χ2v) is 3.13. The Labute approximate surface area is 95.1 Å². The van der Waals surface area contributed by atoms with Crippen LogP contribution in [-0.2, 0) is 4.74 Å². The fourth-order valence-corrected chi connectivity index (χ4v) is 1.03. The molecule has 0 spiro atoms. The largest absolute Gasteiger partial charge is 0.435 e. The summed E-state index contributed by atoms with van der Waals surface area (Å²) in [6, 6.07) is 0. The molecule has 0 atom stereocenters. The van der Waals surface area contributed by atoms with E-state index in [0.29, 0.717) is 0 Å². The van der Waals surface area contributed by atoms with E-state index >= 15 is 0 Å². The van der Waals surface area contributed by atoms with Crippen LogP contribution < -0.4 is 5.32 Å². The Bertz CT molecular complexity index is 230. The summed E-state index contributed by atoms with van der Waals surface area (Å²) in [6.07, 6.45) is -20.0. The lowest BCUT2D eigenvalue weighted by atomic mass is 10.0. The van der Waals surface area contributed by atoms with Gasteiger partial charge in [-0.3, -0.25) is 0 Å². The molecule has 0 heterocycles. The quantitative estimate of drug-likeness (QED) is 0.635. The first-order valence-electron chi connectivity index (χ1n) is 4.30. The number of ether oxygens (including phenoxy) is 1. The summed E-state index contributed by atoms with van der Waals surface area (Å²) in [5.41, 5.74) is -6.18. The average Bonchev–Trinajstić information content (AvgIpc) is 2.05. The maximum Gasteiger partial charge on any atom is 0.435 e. The zero-order valence-corrected chi connectivity index (χ0v) is 8.72. The molecule has 0 aliphatic carbocycles. The Morgan fingerprint density at radius 2 is 1.11 bits per heavy atom. The number of nitrogens with one attached hydrogen (secondary N) is 1. The minimum atomic E-state index is -6.67. The monoisotopic (exact) mass is 293 g/mol. The van der Waals surface area contributed by atoms with Gasteiger partial charge in [0.05, 0.1) is 6.61 Å². The summed E-state index contributed by atoms with van der Waals surface area (Å²) in [7, 11) is 1.12. The number of halogens is 9.